The van der Waals surface area contributed by atoms with E-state index in [2.05, 4.69) is 5.32 Å². The maximum Gasteiger partial charge on any atom is 0.303 e. The smallest absolute Gasteiger partial charge is 0.303 e. The molecule has 6 nitrogen and oxygen atoms in total. The van der Waals surface area contributed by atoms with Crippen molar-refractivity contribution in [3.05, 3.63) is 60.2 Å². The third-order valence-electron chi connectivity index (χ3n) is 3.61. The molecule has 0 bridgehead atoms. The maximum absolute atomic E-state index is 11.7. The highest BCUT2D eigenvalue weighted by Crippen LogP contribution is 2.18. The van der Waals surface area contributed by atoms with Gasteiger partial charge in [0, 0.05) is 13.0 Å². The van der Waals surface area contributed by atoms with Gasteiger partial charge in [0.2, 0.25) is 0 Å². The Hall–Kier alpha value is -3.02. The highest BCUT2D eigenvalue weighted by Gasteiger charge is 2.09. The first-order valence-corrected chi connectivity index (χ1v) is 8.41. The fourth-order valence-electron chi connectivity index (χ4n) is 2.23. The molecule has 0 saturated heterocycles. The third-order valence-corrected chi connectivity index (χ3v) is 3.61. The van der Waals surface area contributed by atoms with Gasteiger partial charge < -0.3 is 19.9 Å². The van der Waals surface area contributed by atoms with E-state index >= 15 is 0 Å². The predicted octanol–water partition coefficient (Wildman–Crippen LogP) is 2.87. The molecule has 0 aromatic heterocycles. The Bertz CT molecular complexity index is 700. The van der Waals surface area contributed by atoms with Crippen molar-refractivity contribution in [2.24, 2.45) is 5.92 Å². The lowest BCUT2D eigenvalue weighted by molar-refractivity contribution is -0.138. The summed E-state index contributed by atoms with van der Waals surface area (Å²) in [5.41, 5.74) is 1.08. The van der Waals surface area contributed by atoms with E-state index in [0.717, 1.165) is 5.56 Å². The molecule has 0 spiro atoms. The average molecular weight is 357 g/mol. The quantitative estimate of drug-likeness (QED) is 0.683. The van der Waals surface area contributed by atoms with Crippen LogP contribution in [0.3, 0.4) is 0 Å². The van der Waals surface area contributed by atoms with Gasteiger partial charge >= 0.3 is 5.97 Å². The van der Waals surface area contributed by atoms with Gasteiger partial charge in [-0.3, -0.25) is 9.59 Å². The van der Waals surface area contributed by atoms with Crippen molar-refractivity contribution in [2.45, 2.75) is 20.0 Å². The van der Waals surface area contributed by atoms with Crippen LogP contribution in [-0.4, -0.2) is 30.1 Å². The Morgan fingerprint density at radius 3 is 2.23 bits per heavy atom. The predicted molar refractivity (Wildman–Crippen MR) is 97.1 cm³/mol. The molecule has 26 heavy (non-hydrogen) atoms. The Morgan fingerprint density at radius 2 is 1.62 bits per heavy atom. The Balaban J connectivity index is 1.70. The van der Waals surface area contributed by atoms with Crippen LogP contribution in [0, 0.1) is 5.92 Å². The van der Waals surface area contributed by atoms with Gasteiger partial charge in [-0.2, -0.15) is 0 Å². The fraction of sp³-hybridized carbons (Fsp3) is 0.300. The molecule has 0 fully saturated rings. The van der Waals surface area contributed by atoms with Crippen LogP contribution in [0.2, 0.25) is 0 Å². The first kappa shape index (κ1) is 19.3. The number of carboxylic acid groups (broad SMARTS) is 1. The van der Waals surface area contributed by atoms with E-state index in [1.807, 2.05) is 30.3 Å². The van der Waals surface area contributed by atoms with Crippen LogP contribution in [0.5, 0.6) is 11.5 Å². The third kappa shape index (κ3) is 7.25. The maximum atomic E-state index is 11.7. The van der Waals surface area contributed by atoms with Gasteiger partial charge in [0.1, 0.15) is 18.1 Å². The average Bonchev–Trinajstić information content (AvgIpc) is 2.64. The molecule has 0 aliphatic heterocycles. The van der Waals surface area contributed by atoms with Crippen LogP contribution in [0.4, 0.5) is 0 Å². The molecule has 1 atom stereocenters. The number of aliphatic carboxylic acids is 1. The topological polar surface area (TPSA) is 84.9 Å². The molecule has 0 aliphatic rings. The summed E-state index contributed by atoms with van der Waals surface area (Å²) < 4.78 is 11.1. The normalized spacial score (nSPS) is 11.4. The second-order valence-corrected chi connectivity index (χ2v) is 6.04. The van der Waals surface area contributed by atoms with Crippen molar-refractivity contribution in [1.82, 2.24) is 5.32 Å². The van der Waals surface area contributed by atoms with Crippen LogP contribution in [-0.2, 0) is 16.2 Å². The van der Waals surface area contributed by atoms with Crippen molar-refractivity contribution < 1.29 is 24.2 Å². The number of hydrogen-bond acceptors (Lipinski definition) is 4. The minimum Gasteiger partial charge on any atom is -0.489 e. The summed E-state index contributed by atoms with van der Waals surface area (Å²) in [5.74, 6) is -0.0133. The zero-order valence-corrected chi connectivity index (χ0v) is 14.7. The van der Waals surface area contributed by atoms with Crippen LogP contribution in [0.1, 0.15) is 18.9 Å². The van der Waals surface area contributed by atoms with Gasteiger partial charge in [0.15, 0.2) is 6.61 Å². The number of carbonyl (C=O) groups excluding carboxylic acids is 1. The van der Waals surface area contributed by atoms with E-state index in [1.165, 1.54) is 0 Å². The lowest BCUT2D eigenvalue weighted by Crippen LogP contribution is -2.33. The molecule has 2 rings (SSSR count). The Morgan fingerprint density at radius 1 is 1.00 bits per heavy atom. The summed E-state index contributed by atoms with van der Waals surface area (Å²) in [6.07, 6.45) is 0.0194. The Kier molecular flexibility index (Phi) is 7.49. The first-order chi connectivity index (χ1) is 12.5. The molecule has 6 heteroatoms. The Labute approximate surface area is 152 Å². The van der Waals surface area contributed by atoms with E-state index in [4.69, 9.17) is 14.6 Å². The number of rotatable bonds is 10. The zero-order valence-electron chi connectivity index (χ0n) is 14.7. The lowest BCUT2D eigenvalue weighted by Gasteiger charge is -2.11. The van der Waals surface area contributed by atoms with Crippen molar-refractivity contribution in [3.63, 3.8) is 0 Å². The molecule has 2 aromatic rings. The second-order valence-electron chi connectivity index (χ2n) is 6.04. The first-order valence-electron chi connectivity index (χ1n) is 8.41. The van der Waals surface area contributed by atoms with E-state index in [1.54, 1.807) is 31.2 Å². The molecular weight excluding hydrogens is 334 g/mol. The molecule has 1 unspecified atom stereocenters. The molecule has 1 amide bonds. The fourth-order valence-corrected chi connectivity index (χ4v) is 2.23. The summed E-state index contributed by atoms with van der Waals surface area (Å²) in [5, 5.41) is 11.3. The molecule has 2 aromatic carbocycles. The molecular formula is C20H23NO5. The van der Waals surface area contributed by atoms with E-state index < -0.39 is 5.97 Å². The van der Waals surface area contributed by atoms with E-state index in [0.29, 0.717) is 24.7 Å². The van der Waals surface area contributed by atoms with Gasteiger partial charge in [-0.25, -0.2) is 0 Å². The number of ether oxygens (including phenoxy) is 2. The minimum atomic E-state index is -0.877. The minimum absolute atomic E-state index is 0.0194. The second kappa shape index (κ2) is 10.1. The van der Waals surface area contributed by atoms with Crippen molar-refractivity contribution >= 4 is 11.9 Å². The standard InChI is InChI=1S/C20H23NO5/c1-15(11-20(23)24)12-21-19(22)14-26-18-9-7-17(8-10-18)25-13-16-5-3-2-4-6-16/h2-10,15H,11-14H2,1H3,(H,21,22)(H,23,24). The van der Waals surface area contributed by atoms with Gasteiger partial charge in [-0.1, -0.05) is 37.3 Å². The molecule has 0 saturated carbocycles. The van der Waals surface area contributed by atoms with Gasteiger partial charge in [0.25, 0.3) is 5.91 Å². The number of nitrogens with one attached hydrogen (secondary N) is 1. The lowest BCUT2D eigenvalue weighted by atomic mass is 10.1. The molecule has 2 N–H and O–H groups in total. The summed E-state index contributed by atoms with van der Waals surface area (Å²) in [6.45, 7) is 2.44. The molecule has 0 heterocycles. The summed E-state index contributed by atoms with van der Waals surface area (Å²) >= 11 is 0. The van der Waals surface area contributed by atoms with Crippen LogP contribution in [0.25, 0.3) is 0 Å². The zero-order chi connectivity index (χ0) is 18.8. The summed E-state index contributed by atoms with van der Waals surface area (Å²) in [7, 11) is 0. The molecule has 0 radical (unpaired) electrons. The number of hydrogen-bond donors (Lipinski definition) is 2. The monoisotopic (exact) mass is 357 g/mol. The number of carbonyl (C=O) groups is 2. The molecule has 138 valence electrons. The number of amides is 1. The van der Waals surface area contributed by atoms with Crippen LogP contribution in [0.15, 0.2) is 54.6 Å². The van der Waals surface area contributed by atoms with Gasteiger partial charge in [-0.15, -0.1) is 0 Å². The van der Waals surface area contributed by atoms with Crippen molar-refractivity contribution in [3.8, 4) is 11.5 Å². The summed E-state index contributed by atoms with van der Waals surface area (Å²) in [6, 6.07) is 16.9. The summed E-state index contributed by atoms with van der Waals surface area (Å²) in [4.78, 5) is 22.3. The van der Waals surface area contributed by atoms with Gasteiger partial charge in [-0.05, 0) is 35.7 Å². The highest BCUT2D eigenvalue weighted by molar-refractivity contribution is 5.77. The van der Waals surface area contributed by atoms with E-state index in [-0.39, 0.29) is 24.9 Å². The largest absolute Gasteiger partial charge is 0.489 e. The van der Waals surface area contributed by atoms with Gasteiger partial charge in [0.05, 0.1) is 0 Å². The SMILES string of the molecule is CC(CNC(=O)COc1ccc(OCc2ccccc2)cc1)CC(=O)O. The van der Waals surface area contributed by atoms with Crippen molar-refractivity contribution in [1.29, 1.82) is 0 Å². The highest BCUT2D eigenvalue weighted by atomic mass is 16.5. The van der Waals surface area contributed by atoms with Crippen LogP contribution >= 0.6 is 0 Å². The van der Waals surface area contributed by atoms with E-state index in [9.17, 15) is 9.59 Å². The number of carboxylic acids is 1. The van der Waals surface area contributed by atoms with Crippen LogP contribution < -0.4 is 14.8 Å². The van der Waals surface area contributed by atoms with Crippen molar-refractivity contribution in [2.75, 3.05) is 13.2 Å². The number of benzene rings is 2. The molecule has 0 aliphatic carbocycles.